The summed E-state index contributed by atoms with van der Waals surface area (Å²) in [6, 6.07) is 0. The minimum absolute atomic E-state index is 0. The highest BCUT2D eigenvalue weighted by Crippen LogP contribution is 2.15. The van der Waals surface area contributed by atoms with Crippen molar-refractivity contribution in [1.82, 2.24) is 5.06 Å². The molecular formula is C27H59ClN2O. The molecule has 4 heteroatoms. The van der Waals surface area contributed by atoms with E-state index in [1.54, 1.807) is 0 Å². The zero-order chi connectivity index (χ0) is 22.5. The van der Waals surface area contributed by atoms with E-state index >= 15 is 0 Å². The van der Waals surface area contributed by atoms with Crippen LogP contribution < -0.4 is 12.4 Å². The highest BCUT2D eigenvalue weighted by Gasteiger charge is 2.25. The van der Waals surface area contributed by atoms with Crippen molar-refractivity contribution in [3.8, 4) is 0 Å². The number of rotatable bonds is 23. The third-order valence-electron chi connectivity index (χ3n) is 6.26. The van der Waals surface area contributed by atoms with Crippen LogP contribution in [0.25, 0.3) is 0 Å². The predicted octanol–water partition coefficient (Wildman–Crippen LogP) is 5.34. The van der Waals surface area contributed by atoms with E-state index in [4.69, 9.17) is 4.84 Å². The molecule has 0 aromatic carbocycles. The van der Waals surface area contributed by atoms with Gasteiger partial charge in [-0.1, -0.05) is 117 Å². The van der Waals surface area contributed by atoms with Gasteiger partial charge in [0.1, 0.15) is 0 Å². The molecule has 0 fully saturated rings. The average molecular weight is 463 g/mol. The Labute approximate surface area is 203 Å². The minimum atomic E-state index is 0. The average Bonchev–Trinajstić information content (AvgIpc) is 2.70. The van der Waals surface area contributed by atoms with Crippen LogP contribution in [0.15, 0.2) is 0 Å². The topological polar surface area (TPSA) is 12.5 Å². The van der Waals surface area contributed by atoms with Gasteiger partial charge in [-0.25, -0.2) is 4.84 Å². The lowest BCUT2D eigenvalue weighted by molar-refractivity contribution is -0.925. The molecule has 0 aliphatic heterocycles. The lowest BCUT2D eigenvalue weighted by atomic mass is 10.0. The van der Waals surface area contributed by atoms with E-state index in [1.807, 2.05) is 0 Å². The van der Waals surface area contributed by atoms with Crippen molar-refractivity contribution in [2.24, 2.45) is 0 Å². The molecule has 3 nitrogen and oxygen atoms in total. The maximum Gasteiger partial charge on any atom is 0.211 e. The van der Waals surface area contributed by atoms with Crippen LogP contribution >= 0.6 is 0 Å². The molecule has 0 aliphatic rings. The van der Waals surface area contributed by atoms with Crippen LogP contribution in [0.2, 0.25) is 0 Å². The van der Waals surface area contributed by atoms with E-state index in [2.05, 4.69) is 47.0 Å². The normalized spacial score (nSPS) is 12.9. The zero-order valence-electron chi connectivity index (χ0n) is 22.4. The fourth-order valence-corrected chi connectivity index (χ4v) is 4.17. The van der Waals surface area contributed by atoms with Gasteiger partial charge in [-0.2, -0.15) is 5.06 Å². The van der Waals surface area contributed by atoms with E-state index in [9.17, 15) is 0 Å². The van der Waals surface area contributed by atoms with Gasteiger partial charge in [-0.05, 0) is 12.8 Å². The Balaban J connectivity index is 0. The van der Waals surface area contributed by atoms with Crippen molar-refractivity contribution < 1.29 is 21.7 Å². The third-order valence-corrected chi connectivity index (χ3v) is 6.26. The summed E-state index contributed by atoms with van der Waals surface area (Å²) in [5, 5.41) is 2.29. The number of halogens is 1. The molecule has 0 rings (SSSR count). The van der Waals surface area contributed by atoms with E-state index in [1.165, 1.54) is 109 Å². The standard InChI is InChI=1S/C27H59N2O.ClH/c1-7-10-12-13-14-15-16-17-18-19-20-21-22-24-26-28(25-23-11-8-2)30-27(9-3)29(4,5)6;/h27H,7-26H2,1-6H3;1H/q+1;/p-1. The molecular weight excluding hydrogens is 404 g/mol. The molecule has 0 aliphatic carbocycles. The first-order chi connectivity index (χ1) is 14.5. The van der Waals surface area contributed by atoms with Gasteiger partial charge in [0.15, 0.2) is 0 Å². The maximum absolute atomic E-state index is 6.43. The highest BCUT2D eigenvalue weighted by atomic mass is 35.5. The van der Waals surface area contributed by atoms with E-state index in [0.717, 1.165) is 24.0 Å². The largest absolute Gasteiger partial charge is 1.00 e. The van der Waals surface area contributed by atoms with E-state index < -0.39 is 0 Å². The SMILES string of the molecule is CCCCCCCCCCCCCCCCN(CCCCC)OC(CC)[N+](C)(C)C.[Cl-]. The van der Waals surface area contributed by atoms with Gasteiger partial charge in [-0.15, -0.1) is 0 Å². The smallest absolute Gasteiger partial charge is 0.211 e. The maximum atomic E-state index is 6.43. The van der Waals surface area contributed by atoms with Gasteiger partial charge in [0.25, 0.3) is 0 Å². The number of unbranched alkanes of at least 4 members (excludes halogenated alkanes) is 15. The van der Waals surface area contributed by atoms with Gasteiger partial charge in [0.2, 0.25) is 6.23 Å². The molecule has 0 amide bonds. The first kappa shape index (κ1) is 33.3. The monoisotopic (exact) mass is 462 g/mol. The highest BCUT2D eigenvalue weighted by molar-refractivity contribution is 4.53. The number of hydrogen-bond acceptors (Lipinski definition) is 2. The molecule has 0 aromatic heterocycles. The van der Waals surface area contributed by atoms with Crippen LogP contribution in [-0.2, 0) is 4.84 Å². The Morgan fingerprint density at radius 2 is 0.871 bits per heavy atom. The van der Waals surface area contributed by atoms with Crippen molar-refractivity contribution in [1.29, 1.82) is 0 Å². The number of nitrogens with zero attached hydrogens (tertiary/aromatic N) is 2. The van der Waals surface area contributed by atoms with Gasteiger partial charge < -0.3 is 16.9 Å². The first-order valence-corrected chi connectivity index (χ1v) is 13.7. The molecule has 0 saturated heterocycles. The summed E-state index contributed by atoms with van der Waals surface area (Å²) < 4.78 is 0.875. The Bertz CT molecular complexity index is 347. The molecule has 1 atom stereocenters. The van der Waals surface area contributed by atoms with Crippen molar-refractivity contribution in [2.75, 3.05) is 34.2 Å². The Morgan fingerprint density at radius 3 is 1.23 bits per heavy atom. The molecule has 0 spiro atoms. The molecule has 0 bridgehead atoms. The van der Waals surface area contributed by atoms with Crippen LogP contribution in [0.3, 0.4) is 0 Å². The second kappa shape index (κ2) is 23.3. The summed E-state index contributed by atoms with van der Waals surface area (Å²) in [6.45, 7) is 9.00. The second-order valence-corrected chi connectivity index (χ2v) is 10.3. The summed E-state index contributed by atoms with van der Waals surface area (Å²) in [7, 11) is 6.72. The number of hydroxylamine groups is 2. The van der Waals surface area contributed by atoms with E-state index in [-0.39, 0.29) is 18.6 Å². The van der Waals surface area contributed by atoms with Crippen LogP contribution in [0.1, 0.15) is 136 Å². The second-order valence-electron chi connectivity index (χ2n) is 10.3. The molecule has 0 aromatic rings. The number of quaternary nitrogens is 1. The summed E-state index contributed by atoms with van der Waals surface area (Å²) in [6.07, 6.45) is 25.0. The summed E-state index contributed by atoms with van der Waals surface area (Å²) in [4.78, 5) is 6.43. The van der Waals surface area contributed by atoms with Gasteiger partial charge >= 0.3 is 0 Å². The molecule has 190 valence electrons. The lowest BCUT2D eigenvalue weighted by Crippen LogP contribution is -3.00. The zero-order valence-corrected chi connectivity index (χ0v) is 23.2. The minimum Gasteiger partial charge on any atom is -1.00 e. The summed E-state index contributed by atoms with van der Waals surface area (Å²) >= 11 is 0. The van der Waals surface area contributed by atoms with Crippen LogP contribution in [0.4, 0.5) is 0 Å². The van der Waals surface area contributed by atoms with E-state index in [0.29, 0.717) is 0 Å². The molecule has 0 saturated carbocycles. The van der Waals surface area contributed by atoms with Crippen molar-refractivity contribution >= 4 is 0 Å². The van der Waals surface area contributed by atoms with Crippen molar-refractivity contribution in [2.45, 2.75) is 143 Å². The van der Waals surface area contributed by atoms with Crippen molar-refractivity contribution in [3.63, 3.8) is 0 Å². The molecule has 0 heterocycles. The lowest BCUT2D eigenvalue weighted by Gasteiger charge is -2.36. The predicted molar refractivity (Wildman–Crippen MR) is 135 cm³/mol. The van der Waals surface area contributed by atoms with Crippen LogP contribution in [0, 0.1) is 0 Å². The quantitative estimate of drug-likeness (QED) is 0.0879. The molecule has 31 heavy (non-hydrogen) atoms. The van der Waals surface area contributed by atoms with Gasteiger partial charge in [0.05, 0.1) is 21.1 Å². The number of hydrogen-bond donors (Lipinski definition) is 0. The Hall–Kier alpha value is 0.170. The van der Waals surface area contributed by atoms with Gasteiger partial charge in [-0.3, -0.25) is 0 Å². The Kier molecular flexibility index (Phi) is 25.1. The van der Waals surface area contributed by atoms with Crippen LogP contribution in [-0.4, -0.2) is 50.0 Å². The van der Waals surface area contributed by atoms with Crippen LogP contribution in [0.5, 0.6) is 0 Å². The molecule has 0 N–H and O–H groups in total. The molecule has 0 radical (unpaired) electrons. The fraction of sp³-hybridized carbons (Fsp3) is 1.00. The molecule has 1 unspecified atom stereocenters. The summed E-state index contributed by atoms with van der Waals surface area (Å²) in [5.74, 6) is 0. The van der Waals surface area contributed by atoms with Gasteiger partial charge in [0, 0.05) is 19.5 Å². The Morgan fingerprint density at radius 1 is 0.548 bits per heavy atom. The third kappa shape index (κ3) is 21.8. The fourth-order valence-electron chi connectivity index (χ4n) is 4.17. The first-order valence-electron chi connectivity index (χ1n) is 13.7. The summed E-state index contributed by atoms with van der Waals surface area (Å²) in [5.41, 5.74) is 0. The van der Waals surface area contributed by atoms with Crippen molar-refractivity contribution in [3.05, 3.63) is 0 Å².